The molecular weight excluding hydrogens is 473 g/mol. The van der Waals surface area contributed by atoms with E-state index >= 15 is 0 Å². The standard InChI is InChI=1S/C8H18N2O4S.C6H8O7.3Na/c11-5-1-8-7-9-2-3-10(8)4-6-15(12,13)14;7-3(8)1-6(13,5(11)12)2-4(9)10;;;/h8-9,11H,1-7H2,(H,12,13,14);13H,1-2H2,(H,7,8)(H,9,10)(H,11,12);;;/q;;3*+1/p-3. The summed E-state index contributed by atoms with van der Waals surface area (Å²) in [5.74, 6) is -6.23. The molecule has 17 heteroatoms. The Kier molecular flexibility index (Phi) is 24.7. The minimum absolute atomic E-state index is 0. The summed E-state index contributed by atoms with van der Waals surface area (Å²) in [6.45, 7) is 2.74. The van der Waals surface area contributed by atoms with Crippen LogP contribution < -0.4 is 109 Å². The Morgan fingerprint density at radius 1 is 1.06 bits per heavy atom. The zero-order chi connectivity index (χ0) is 22.0. The van der Waals surface area contributed by atoms with Gasteiger partial charge in [0.15, 0.2) is 0 Å². The second-order valence-electron chi connectivity index (χ2n) is 6.11. The zero-order valence-corrected chi connectivity index (χ0v) is 24.7. The normalized spacial score (nSPS) is 16.3. The molecule has 0 aromatic rings. The molecule has 13 nitrogen and oxygen atoms in total. The van der Waals surface area contributed by atoms with E-state index in [1.807, 2.05) is 4.90 Å². The first-order valence-electron chi connectivity index (χ1n) is 8.15. The molecule has 0 spiro atoms. The number of carbonyl (C=O) groups is 3. The molecule has 1 heterocycles. The molecule has 1 rings (SSSR count). The summed E-state index contributed by atoms with van der Waals surface area (Å²) < 4.78 is 29.8. The molecule has 0 saturated carbocycles. The van der Waals surface area contributed by atoms with Crippen molar-refractivity contribution in [1.29, 1.82) is 0 Å². The van der Waals surface area contributed by atoms with Crippen LogP contribution in [0.15, 0.2) is 0 Å². The SMILES string of the molecule is O=C([O-])CC(O)(CC(=O)[O-])C(=O)[O-].O=S(=O)(O)CCN1CCNCC1CCO.[Na+].[Na+].[Na+]. The summed E-state index contributed by atoms with van der Waals surface area (Å²) in [7, 11) is -3.89. The van der Waals surface area contributed by atoms with Crippen LogP contribution in [-0.2, 0) is 24.5 Å². The quantitative estimate of drug-likeness (QED) is 0.163. The Morgan fingerprint density at radius 3 is 1.90 bits per heavy atom. The van der Waals surface area contributed by atoms with Crippen LogP contribution in [0.25, 0.3) is 0 Å². The summed E-state index contributed by atoms with van der Waals surface area (Å²) in [6, 6.07) is 0.158. The van der Waals surface area contributed by atoms with Crippen molar-refractivity contribution in [2.24, 2.45) is 0 Å². The minimum atomic E-state index is -3.89. The fourth-order valence-corrected chi connectivity index (χ4v) is 2.91. The van der Waals surface area contributed by atoms with Gasteiger partial charge in [0.2, 0.25) is 0 Å². The largest absolute Gasteiger partial charge is 1.00 e. The number of aliphatic carboxylic acids is 3. The Bertz CT molecular complexity index is 633. The number of carboxylic acids is 3. The van der Waals surface area contributed by atoms with E-state index in [0.29, 0.717) is 13.0 Å². The number of hydrogen-bond donors (Lipinski definition) is 4. The molecule has 4 N–H and O–H groups in total. The average Bonchev–Trinajstić information content (AvgIpc) is 2.52. The van der Waals surface area contributed by atoms with E-state index in [0.717, 1.165) is 19.6 Å². The Hall–Kier alpha value is 1.16. The van der Waals surface area contributed by atoms with Crippen molar-refractivity contribution < 1.29 is 142 Å². The maximum atomic E-state index is 10.6. The van der Waals surface area contributed by atoms with Crippen molar-refractivity contribution >= 4 is 28.0 Å². The van der Waals surface area contributed by atoms with Crippen molar-refractivity contribution in [1.82, 2.24) is 10.2 Å². The number of carbonyl (C=O) groups excluding carboxylic acids is 3. The third-order valence-corrected chi connectivity index (χ3v) is 4.52. The van der Waals surface area contributed by atoms with Crippen molar-refractivity contribution in [3.05, 3.63) is 0 Å². The average molecular weight is 496 g/mol. The van der Waals surface area contributed by atoms with Crippen molar-refractivity contribution in [3.8, 4) is 0 Å². The fourth-order valence-electron chi connectivity index (χ4n) is 2.45. The van der Waals surface area contributed by atoms with Gasteiger partial charge in [-0.1, -0.05) is 0 Å². The van der Waals surface area contributed by atoms with Gasteiger partial charge in [-0.3, -0.25) is 9.45 Å². The van der Waals surface area contributed by atoms with E-state index in [1.54, 1.807) is 0 Å². The smallest absolute Gasteiger partial charge is 0.550 e. The molecule has 0 bridgehead atoms. The Morgan fingerprint density at radius 2 is 1.55 bits per heavy atom. The summed E-state index contributed by atoms with van der Waals surface area (Å²) >= 11 is 0. The van der Waals surface area contributed by atoms with Gasteiger partial charge in [0, 0.05) is 63.6 Å². The molecule has 0 aromatic carbocycles. The van der Waals surface area contributed by atoms with E-state index in [2.05, 4.69) is 5.32 Å². The number of aliphatic hydroxyl groups excluding tert-OH is 1. The van der Waals surface area contributed by atoms with Crippen LogP contribution >= 0.6 is 0 Å². The first-order chi connectivity index (χ1) is 12.8. The Balaban J connectivity index is -0.000000217. The van der Waals surface area contributed by atoms with Gasteiger partial charge in [0.05, 0.1) is 11.7 Å². The number of carboxylic acid groups (broad SMARTS) is 3. The molecule has 1 fully saturated rings. The van der Waals surface area contributed by atoms with Crippen molar-refractivity contribution in [3.63, 3.8) is 0 Å². The van der Waals surface area contributed by atoms with Gasteiger partial charge in [-0.05, 0) is 6.42 Å². The van der Waals surface area contributed by atoms with Crippen LogP contribution in [0.5, 0.6) is 0 Å². The molecule has 1 saturated heterocycles. The van der Waals surface area contributed by atoms with Crippen molar-refractivity contribution in [2.45, 2.75) is 30.9 Å². The van der Waals surface area contributed by atoms with Gasteiger partial charge < -0.3 is 45.2 Å². The third kappa shape index (κ3) is 19.2. The van der Waals surface area contributed by atoms with Gasteiger partial charge in [-0.2, -0.15) is 8.42 Å². The van der Waals surface area contributed by atoms with E-state index in [9.17, 15) is 38.1 Å². The van der Waals surface area contributed by atoms with E-state index in [1.165, 1.54) is 0 Å². The third-order valence-electron chi connectivity index (χ3n) is 3.82. The van der Waals surface area contributed by atoms with Crippen LogP contribution in [0.1, 0.15) is 19.3 Å². The molecular formula is C14H23N2Na3O11S. The molecule has 1 aliphatic heterocycles. The number of nitrogens with one attached hydrogen (secondary N) is 1. The molecule has 164 valence electrons. The first-order valence-corrected chi connectivity index (χ1v) is 9.76. The second-order valence-corrected chi connectivity index (χ2v) is 7.68. The van der Waals surface area contributed by atoms with Crippen LogP contribution in [0.3, 0.4) is 0 Å². The number of rotatable bonds is 10. The molecule has 1 aliphatic rings. The molecule has 0 aliphatic carbocycles. The van der Waals surface area contributed by atoms with Crippen LogP contribution in [-0.4, -0.2) is 96.2 Å². The van der Waals surface area contributed by atoms with Crippen LogP contribution in [0.4, 0.5) is 0 Å². The predicted octanol–water partition coefficient (Wildman–Crippen LogP) is -15.7. The Labute approximate surface area is 246 Å². The van der Waals surface area contributed by atoms with Gasteiger partial charge in [-0.15, -0.1) is 0 Å². The summed E-state index contributed by atoms with van der Waals surface area (Å²) in [4.78, 5) is 32.0. The van der Waals surface area contributed by atoms with Crippen molar-refractivity contribution in [2.75, 3.05) is 38.5 Å². The van der Waals surface area contributed by atoms with Gasteiger partial charge >= 0.3 is 88.7 Å². The van der Waals surface area contributed by atoms with Gasteiger partial charge in [0.25, 0.3) is 10.1 Å². The molecule has 1 unspecified atom stereocenters. The molecule has 31 heavy (non-hydrogen) atoms. The maximum absolute atomic E-state index is 10.6. The number of aliphatic hydroxyl groups is 2. The summed E-state index contributed by atoms with van der Waals surface area (Å²) in [5.41, 5.74) is -2.97. The van der Waals surface area contributed by atoms with Gasteiger partial charge in [0.1, 0.15) is 5.60 Å². The first kappa shape index (κ1) is 39.4. The number of hydrogen-bond acceptors (Lipinski definition) is 12. The molecule has 0 aromatic heterocycles. The number of piperazine rings is 1. The second kappa shape index (κ2) is 19.5. The molecule has 0 amide bonds. The summed E-state index contributed by atoms with van der Waals surface area (Å²) in [6.07, 6.45) is -2.09. The van der Waals surface area contributed by atoms with E-state index < -0.39 is 46.5 Å². The molecule has 1 atom stereocenters. The van der Waals surface area contributed by atoms with Gasteiger partial charge in [-0.25, -0.2) is 0 Å². The van der Waals surface area contributed by atoms with E-state index in [4.69, 9.17) is 14.8 Å². The number of nitrogens with zero attached hydrogens (tertiary/aromatic N) is 1. The monoisotopic (exact) mass is 496 g/mol. The molecule has 0 radical (unpaired) electrons. The fraction of sp³-hybridized carbons (Fsp3) is 0.786. The summed E-state index contributed by atoms with van der Waals surface area (Å²) in [5, 5.41) is 50.9. The zero-order valence-electron chi connectivity index (χ0n) is 17.9. The van der Waals surface area contributed by atoms with E-state index in [-0.39, 0.29) is 107 Å². The maximum Gasteiger partial charge on any atom is 1.00 e. The topological polar surface area (TPSA) is 230 Å². The van der Waals surface area contributed by atoms with Crippen LogP contribution in [0.2, 0.25) is 0 Å². The van der Waals surface area contributed by atoms with Crippen LogP contribution in [0, 0.1) is 0 Å². The minimum Gasteiger partial charge on any atom is -0.550 e. The predicted molar refractivity (Wildman–Crippen MR) is 85.6 cm³/mol.